The van der Waals surface area contributed by atoms with Gasteiger partial charge >= 0.3 is 6.18 Å². The van der Waals surface area contributed by atoms with Gasteiger partial charge in [-0.1, -0.05) is 0 Å². The van der Waals surface area contributed by atoms with Crippen molar-refractivity contribution < 1.29 is 33.3 Å². The SMILES string of the molecule is O=C1/C(=C/c2cc(C(F)(F)F)ccc2O)Cc2cc(O)c(O)cc21. The van der Waals surface area contributed by atoms with E-state index in [4.69, 9.17) is 0 Å². The number of hydrogen-bond donors (Lipinski definition) is 3. The normalized spacial score (nSPS) is 15.8. The van der Waals surface area contributed by atoms with Crippen molar-refractivity contribution in [3.63, 3.8) is 0 Å². The monoisotopic (exact) mass is 336 g/mol. The van der Waals surface area contributed by atoms with Crippen molar-refractivity contribution in [2.75, 3.05) is 0 Å². The van der Waals surface area contributed by atoms with E-state index >= 15 is 0 Å². The van der Waals surface area contributed by atoms with Gasteiger partial charge in [-0.15, -0.1) is 0 Å². The van der Waals surface area contributed by atoms with Crippen LogP contribution < -0.4 is 0 Å². The van der Waals surface area contributed by atoms with E-state index in [9.17, 15) is 33.3 Å². The van der Waals surface area contributed by atoms with E-state index in [1.807, 2.05) is 0 Å². The van der Waals surface area contributed by atoms with Crippen LogP contribution in [0.15, 0.2) is 35.9 Å². The molecule has 0 atom stereocenters. The number of phenolic OH excluding ortho intramolecular Hbond substituents is 3. The van der Waals surface area contributed by atoms with Crippen molar-refractivity contribution in [3.8, 4) is 17.2 Å². The summed E-state index contributed by atoms with van der Waals surface area (Å²) in [6.45, 7) is 0. The molecule has 0 aliphatic heterocycles. The number of aromatic hydroxyl groups is 3. The Balaban J connectivity index is 2.03. The lowest BCUT2D eigenvalue weighted by Crippen LogP contribution is -2.05. The van der Waals surface area contributed by atoms with Crippen molar-refractivity contribution in [1.29, 1.82) is 0 Å². The number of rotatable bonds is 1. The standard InChI is InChI=1S/C17H11F3O4/c18-17(19,20)11-1-2-13(21)9(5-11)4-10-3-8-6-14(22)15(23)7-12(8)16(10)24/h1-2,4-7,21-23H,3H2/b10-4+. The van der Waals surface area contributed by atoms with Gasteiger partial charge in [-0.05, 0) is 42.0 Å². The zero-order chi connectivity index (χ0) is 17.6. The van der Waals surface area contributed by atoms with E-state index < -0.39 is 23.3 Å². The molecule has 0 unspecified atom stereocenters. The first-order chi connectivity index (χ1) is 11.2. The summed E-state index contributed by atoms with van der Waals surface area (Å²) in [5, 5.41) is 28.7. The molecule has 0 heterocycles. The predicted octanol–water partition coefficient (Wildman–Crippen LogP) is 3.64. The van der Waals surface area contributed by atoms with Crippen molar-refractivity contribution >= 4 is 11.9 Å². The summed E-state index contributed by atoms with van der Waals surface area (Å²) in [4.78, 5) is 12.3. The predicted molar refractivity (Wildman–Crippen MR) is 78.9 cm³/mol. The molecule has 3 N–H and O–H groups in total. The summed E-state index contributed by atoms with van der Waals surface area (Å²) in [6, 6.07) is 4.76. The van der Waals surface area contributed by atoms with Crippen LogP contribution in [-0.2, 0) is 12.6 Å². The highest BCUT2D eigenvalue weighted by atomic mass is 19.4. The summed E-state index contributed by atoms with van der Waals surface area (Å²) in [5.74, 6) is -1.70. The maximum atomic E-state index is 12.8. The zero-order valence-electron chi connectivity index (χ0n) is 12.1. The number of ketones is 1. The highest BCUT2D eigenvalue weighted by Crippen LogP contribution is 2.37. The van der Waals surface area contributed by atoms with E-state index in [-0.39, 0.29) is 34.6 Å². The Morgan fingerprint density at radius 1 is 0.958 bits per heavy atom. The van der Waals surface area contributed by atoms with Gasteiger partial charge in [0, 0.05) is 23.1 Å². The smallest absolute Gasteiger partial charge is 0.416 e. The third-order valence-electron chi connectivity index (χ3n) is 3.80. The maximum absolute atomic E-state index is 12.8. The second kappa shape index (κ2) is 5.30. The van der Waals surface area contributed by atoms with Gasteiger partial charge in [0.15, 0.2) is 17.3 Å². The molecule has 1 aliphatic carbocycles. The molecule has 4 nitrogen and oxygen atoms in total. The number of alkyl halides is 3. The zero-order valence-corrected chi connectivity index (χ0v) is 12.1. The summed E-state index contributed by atoms with van der Waals surface area (Å²) >= 11 is 0. The number of halogens is 3. The van der Waals surface area contributed by atoms with E-state index in [0.717, 1.165) is 24.3 Å². The molecular formula is C17H11F3O4. The van der Waals surface area contributed by atoms with E-state index in [1.54, 1.807) is 0 Å². The molecule has 124 valence electrons. The topological polar surface area (TPSA) is 77.8 Å². The van der Waals surface area contributed by atoms with Gasteiger partial charge in [-0.2, -0.15) is 13.2 Å². The highest BCUT2D eigenvalue weighted by molar-refractivity contribution is 6.16. The second-order valence-electron chi connectivity index (χ2n) is 5.44. The van der Waals surface area contributed by atoms with Crippen LogP contribution in [0, 0.1) is 0 Å². The Morgan fingerprint density at radius 3 is 2.29 bits per heavy atom. The number of hydrogen-bond acceptors (Lipinski definition) is 4. The van der Waals surface area contributed by atoms with Gasteiger partial charge in [0.05, 0.1) is 5.56 Å². The van der Waals surface area contributed by atoms with Crippen LogP contribution in [-0.4, -0.2) is 21.1 Å². The van der Waals surface area contributed by atoms with Crippen molar-refractivity contribution in [2.24, 2.45) is 0 Å². The first-order valence-electron chi connectivity index (χ1n) is 6.87. The molecule has 2 aromatic rings. The van der Waals surface area contributed by atoms with Crippen LogP contribution in [0.5, 0.6) is 17.2 Å². The molecule has 0 amide bonds. The Hall–Kier alpha value is -2.96. The Labute approximate surface area is 134 Å². The fourth-order valence-electron chi connectivity index (χ4n) is 2.59. The third-order valence-corrected chi connectivity index (χ3v) is 3.80. The van der Waals surface area contributed by atoms with E-state index in [2.05, 4.69) is 0 Å². The molecule has 0 aromatic heterocycles. The van der Waals surface area contributed by atoms with Crippen LogP contribution in [0.4, 0.5) is 13.2 Å². The molecule has 0 fully saturated rings. The number of phenols is 3. The lowest BCUT2D eigenvalue weighted by molar-refractivity contribution is -0.137. The molecule has 0 saturated carbocycles. The number of benzene rings is 2. The maximum Gasteiger partial charge on any atom is 0.416 e. The summed E-state index contributed by atoms with van der Waals surface area (Å²) in [6.07, 6.45) is -3.31. The highest BCUT2D eigenvalue weighted by Gasteiger charge is 2.31. The average molecular weight is 336 g/mol. The Bertz CT molecular complexity index is 882. The fraction of sp³-hybridized carbons (Fsp3) is 0.118. The summed E-state index contributed by atoms with van der Waals surface area (Å²) in [7, 11) is 0. The molecule has 24 heavy (non-hydrogen) atoms. The van der Waals surface area contributed by atoms with Crippen LogP contribution in [0.1, 0.15) is 27.0 Å². The molecular weight excluding hydrogens is 325 g/mol. The van der Waals surface area contributed by atoms with Gasteiger partial charge in [0.2, 0.25) is 0 Å². The molecule has 0 spiro atoms. The average Bonchev–Trinajstić information content (AvgIpc) is 2.77. The quantitative estimate of drug-likeness (QED) is 0.549. The molecule has 1 aliphatic rings. The van der Waals surface area contributed by atoms with Crippen molar-refractivity contribution in [2.45, 2.75) is 12.6 Å². The first-order valence-corrected chi connectivity index (χ1v) is 6.87. The first kappa shape index (κ1) is 15.9. The van der Waals surface area contributed by atoms with Gasteiger partial charge in [-0.25, -0.2) is 0 Å². The van der Waals surface area contributed by atoms with Gasteiger partial charge in [0.25, 0.3) is 0 Å². The Kier molecular flexibility index (Phi) is 3.51. The van der Waals surface area contributed by atoms with Crippen LogP contribution in [0.2, 0.25) is 0 Å². The number of carbonyl (C=O) groups is 1. The molecule has 0 saturated heterocycles. The van der Waals surface area contributed by atoms with Crippen LogP contribution in [0.25, 0.3) is 6.08 Å². The molecule has 3 rings (SSSR count). The van der Waals surface area contributed by atoms with Crippen molar-refractivity contribution in [1.82, 2.24) is 0 Å². The van der Waals surface area contributed by atoms with Gasteiger partial charge < -0.3 is 15.3 Å². The second-order valence-corrected chi connectivity index (χ2v) is 5.44. The molecule has 2 aromatic carbocycles. The molecule has 0 radical (unpaired) electrons. The fourth-order valence-corrected chi connectivity index (χ4v) is 2.59. The number of Topliss-reactive ketones (excluding diaryl/α,β-unsaturated/α-hetero) is 1. The molecule has 7 heteroatoms. The van der Waals surface area contributed by atoms with Crippen LogP contribution >= 0.6 is 0 Å². The third kappa shape index (κ3) is 2.68. The largest absolute Gasteiger partial charge is 0.507 e. The minimum Gasteiger partial charge on any atom is -0.507 e. The Morgan fingerprint density at radius 2 is 1.62 bits per heavy atom. The molecule has 0 bridgehead atoms. The van der Waals surface area contributed by atoms with Crippen molar-refractivity contribution in [3.05, 3.63) is 58.2 Å². The lowest BCUT2D eigenvalue weighted by Gasteiger charge is -2.08. The van der Waals surface area contributed by atoms with Crippen LogP contribution in [0.3, 0.4) is 0 Å². The number of carbonyl (C=O) groups excluding carboxylic acids is 1. The summed E-state index contributed by atoms with van der Waals surface area (Å²) < 4.78 is 38.3. The van der Waals surface area contributed by atoms with E-state index in [1.165, 1.54) is 12.1 Å². The van der Waals surface area contributed by atoms with Gasteiger partial charge in [0.1, 0.15) is 5.75 Å². The van der Waals surface area contributed by atoms with E-state index in [0.29, 0.717) is 5.56 Å². The summed E-state index contributed by atoms with van der Waals surface area (Å²) in [5.41, 5.74) is -0.291. The van der Waals surface area contributed by atoms with Gasteiger partial charge in [-0.3, -0.25) is 4.79 Å². The number of fused-ring (bicyclic) bond motifs is 1. The lowest BCUT2D eigenvalue weighted by atomic mass is 10.0. The minimum absolute atomic E-state index is 0.0810. The number of allylic oxidation sites excluding steroid dienone is 1. The minimum atomic E-state index is -4.57.